The lowest BCUT2D eigenvalue weighted by atomic mass is 10.1. The lowest BCUT2D eigenvalue weighted by Gasteiger charge is -2.36. The van der Waals surface area contributed by atoms with Gasteiger partial charge in [-0.2, -0.15) is 0 Å². The molecule has 19 heavy (non-hydrogen) atoms. The van der Waals surface area contributed by atoms with Gasteiger partial charge in [0.05, 0.1) is 5.57 Å². The number of carbonyl (C=O) groups excluding carboxylic acids is 2. The Bertz CT molecular complexity index is 488. The average molecular weight is 258 g/mol. The number of nitrogens with zero attached hydrogens (tertiary/aromatic N) is 2. The number of para-hydroxylation sites is 1. The van der Waals surface area contributed by atoms with Gasteiger partial charge in [0.2, 0.25) is 0 Å². The van der Waals surface area contributed by atoms with Crippen LogP contribution in [-0.4, -0.2) is 42.8 Å². The number of rotatable bonds is 3. The highest BCUT2D eigenvalue weighted by molar-refractivity contribution is 6.17. The molecular formula is C15H18N2O2. The molecule has 1 fully saturated rings. The Balaban J connectivity index is 1.94. The first kappa shape index (κ1) is 13.3. The van der Waals surface area contributed by atoms with E-state index in [-0.39, 0.29) is 17.3 Å². The molecule has 0 saturated carbocycles. The molecule has 1 aromatic carbocycles. The third-order valence-electron chi connectivity index (χ3n) is 3.37. The van der Waals surface area contributed by atoms with Crippen LogP contribution in [0.3, 0.4) is 0 Å². The molecule has 1 amide bonds. The lowest BCUT2D eigenvalue weighted by molar-refractivity contribution is -0.129. The van der Waals surface area contributed by atoms with Crippen molar-refractivity contribution in [1.82, 2.24) is 4.90 Å². The van der Waals surface area contributed by atoms with Crippen molar-refractivity contribution in [3.8, 4) is 0 Å². The average Bonchev–Trinajstić information content (AvgIpc) is 2.46. The predicted octanol–water partition coefficient (Wildman–Crippen LogP) is 1.48. The number of benzene rings is 1. The molecule has 4 nitrogen and oxygen atoms in total. The topological polar surface area (TPSA) is 40.6 Å². The maximum Gasteiger partial charge on any atom is 0.256 e. The van der Waals surface area contributed by atoms with Crippen LogP contribution in [-0.2, 0) is 9.59 Å². The third kappa shape index (κ3) is 3.02. The van der Waals surface area contributed by atoms with Crippen LogP contribution in [0.4, 0.5) is 5.69 Å². The minimum absolute atomic E-state index is 0.0770. The predicted molar refractivity (Wildman–Crippen MR) is 75.1 cm³/mol. The van der Waals surface area contributed by atoms with Gasteiger partial charge in [-0.15, -0.1) is 0 Å². The van der Waals surface area contributed by atoms with Gasteiger partial charge in [-0.25, -0.2) is 0 Å². The summed E-state index contributed by atoms with van der Waals surface area (Å²) in [5.74, 6) is -0.490. The van der Waals surface area contributed by atoms with Crippen molar-refractivity contribution in [2.75, 3.05) is 31.1 Å². The first-order chi connectivity index (χ1) is 9.09. The molecule has 100 valence electrons. The van der Waals surface area contributed by atoms with Gasteiger partial charge >= 0.3 is 0 Å². The Labute approximate surface area is 113 Å². The number of carbonyl (C=O) groups is 2. The number of amides is 1. The van der Waals surface area contributed by atoms with Gasteiger partial charge in [0.15, 0.2) is 5.78 Å². The maximum absolute atomic E-state index is 12.0. The molecule has 0 spiro atoms. The van der Waals surface area contributed by atoms with E-state index in [2.05, 4.69) is 23.6 Å². The largest absolute Gasteiger partial charge is 0.368 e. The highest BCUT2D eigenvalue weighted by Gasteiger charge is 2.24. The molecule has 0 aromatic heterocycles. The summed E-state index contributed by atoms with van der Waals surface area (Å²) < 4.78 is 0. The molecule has 1 heterocycles. The Morgan fingerprint density at radius 3 is 2.16 bits per heavy atom. The number of Topliss-reactive ketones (excluding diaryl/α,β-unsaturated/α-hetero) is 1. The van der Waals surface area contributed by atoms with E-state index < -0.39 is 0 Å². The number of ketones is 1. The second kappa shape index (κ2) is 5.69. The zero-order valence-corrected chi connectivity index (χ0v) is 11.1. The summed E-state index contributed by atoms with van der Waals surface area (Å²) in [4.78, 5) is 27.1. The molecule has 0 atom stereocenters. The highest BCUT2D eigenvalue weighted by Crippen LogP contribution is 2.16. The Kier molecular flexibility index (Phi) is 4.00. The molecule has 1 aromatic rings. The highest BCUT2D eigenvalue weighted by atomic mass is 16.2. The zero-order valence-electron chi connectivity index (χ0n) is 11.1. The molecule has 0 N–H and O–H groups in total. The molecule has 0 aliphatic carbocycles. The van der Waals surface area contributed by atoms with Gasteiger partial charge in [-0.05, 0) is 19.1 Å². The summed E-state index contributed by atoms with van der Waals surface area (Å²) in [6.45, 7) is 7.74. The van der Waals surface area contributed by atoms with Crippen LogP contribution in [0.2, 0.25) is 0 Å². The summed E-state index contributed by atoms with van der Waals surface area (Å²) in [5.41, 5.74) is 1.24. The molecule has 4 heteroatoms. The van der Waals surface area contributed by atoms with Crippen LogP contribution < -0.4 is 4.90 Å². The molecule has 0 unspecified atom stereocenters. The molecule has 0 bridgehead atoms. The molecule has 1 aliphatic rings. The van der Waals surface area contributed by atoms with Crippen LogP contribution in [0.1, 0.15) is 6.92 Å². The van der Waals surface area contributed by atoms with Crippen LogP contribution in [0.5, 0.6) is 0 Å². The fourth-order valence-electron chi connectivity index (χ4n) is 2.15. The van der Waals surface area contributed by atoms with Crippen LogP contribution in [0.25, 0.3) is 0 Å². The number of hydrogen-bond donors (Lipinski definition) is 0. The van der Waals surface area contributed by atoms with Gasteiger partial charge in [-0.1, -0.05) is 24.8 Å². The fraction of sp³-hybridized carbons (Fsp3) is 0.333. The van der Waals surface area contributed by atoms with E-state index in [9.17, 15) is 9.59 Å². The summed E-state index contributed by atoms with van der Waals surface area (Å²) in [6.07, 6.45) is 0. The minimum Gasteiger partial charge on any atom is -0.368 e. The van der Waals surface area contributed by atoms with E-state index in [1.807, 2.05) is 18.2 Å². The van der Waals surface area contributed by atoms with Gasteiger partial charge in [0.25, 0.3) is 5.91 Å². The molecular weight excluding hydrogens is 240 g/mol. The monoisotopic (exact) mass is 258 g/mol. The maximum atomic E-state index is 12.0. The normalized spacial score (nSPS) is 15.2. The van der Waals surface area contributed by atoms with E-state index in [4.69, 9.17) is 0 Å². The van der Waals surface area contributed by atoms with Crippen molar-refractivity contribution in [2.24, 2.45) is 0 Å². The van der Waals surface area contributed by atoms with E-state index in [0.717, 1.165) is 13.1 Å². The fourth-order valence-corrected chi connectivity index (χ4v) is 2.15. The van der Waals surface area contributed by atoms with Crippen molar-refractivity contribution in [3.63, 3.8) is 0 Å². The Morgan fingerprint density at radius 1 is 1.05 bits per heavy atom. The Hall–Kier alpha value is -2.10. The van der Waals surface area contributed by atoms with Crippen LogP contribution >= 0.6 is 0 Å². The first-order valence-corrected chi connectivity index (χ1v) is 6.38. The van der Waals surface area contributed by atoms with Crippen molar-refractivity contribution in [1.29, 1.82) is 0 Å². The van der Waals surface area contributed by atoms with Crippen molar-refractivity contribution in [2.45, 2.75) is 6.92 Å². The third-order valence-corrected chi connectivity index (χ3v) is 3.37. The van der Waals surface area contributed by atoms with Crippen molar-refractivity contribution >= 4 is 17.4 Å². The van der Waals surface area contributed by atoms with Gasteiger partial charge in [-0.3, -0.25) is 9.59 Å². The summed E-state index contributed by atoms with van der Waals surface area (Å²) >= 11 is 0. The summed E-state index contributed by atoms with van der Waals surface area (Å²) in [7, 11) is 0. The summed E-state index contributed by atoms with van der Waals surface area (Å²) in [6, 6.07) is 10.1. The summed E-state index contributed by atoms with van der Waals surface area (Å²) in [5, 5.41) is 0. The molecule has 0 radical (unpaired) electrons. The van der Waals surface area contributed by atoms with E-state index in [1.165, 1.54) is 12.6 Å². The lowest BCUT2D eigenvalue weighted by Crippen LogP contribution is -2.49. The first-order valence-electron chi connectivity index (χ1n) is 6.38. The van der Waals surface area contributed by atoms with Crippen LogP contribution in [0.15, 0.2) is 42.5 Å². The van der Waals surface area contributed by atoms with E-state index >= 15 is 0 Å². The quantitative estimate of drug-likeness (QED) is 0.468. The zero-order chi connectivity index (χ0) is 13.8. The van der Waals surface area contributed by atoms with E-state index in [0.29, 0.717) is 13.1 Å². The second-order valence-electron chi connectivity index (χ2n) is 4.65. The Morgan fingerprint density at radius 2 is 1.63 bits per heavy atom. The number of anilines is 1. The smallest absolute Gasteiger partial charge is 0.256 e. The van der Waals surface area contributed by atoms with E-state index in [1.54, 1.807) is 4.90 Å². The van der Waals surface area contributed by atoms with Gasteiger partial charge in [0.1, 0.15) is 0 Å². The SMILES string of the molecule is C=C(C(C)=O)C(=O)N1CCN(c2ccccc2)CC1. The van der Waals surface area contributed by atoms with Crippen LogP contribution in [0, 0.1) is 0 Å². The molecule has 1 aliphatic heterocycles. The van der Waals surface area contributed by atoms with Gasteiger partial charge in [0, 0.05) is 31.9 Å². The van der Waals surface area contributed by atoms with Crippen molar-refractivity contribution < 1.29 is 9.59 Å². The van der Waals surface area contributed by atoms with Gasteiger partial charge < -0.3 is 9.80 Å². The standard InChI is InChI=1S/C15H18N2O2/c1-12(13(2)18)15(19)17-10-8-16(9-11-17)14-6-4-3-5-7-14/h3-7H,1,8-11H2,2H3. The molecule has 1 saturated heterocycles. The number of hydrogen-bond acceptors (Lipinski definition) is 3. The molecule has 2 rings (SSSR count). The minimum atomic E-state index is -0.254. The van der Waals surface area contributed by atoms with Crippen molar-refractivity contribution in [3.05, 3.63) is 42.5 Å². The second-order valence-corrected chi connectivity index (χ2v) is 4.65. The number of piperazine rings is 1.